The van der Waals surface area contributed by atoms with Crippen LogP contribution in [0.4, 0.5) is 10.5 Å². The number of carbonyl (C=O) groups is 2. The zero-order valence-electron chi connectivity index (χ0n) is 22.3. The van der Waals surface area contributed by atoms with Crippen LogP contribution in [0.15, 0.2) is 30.3 Å². The average molecular weight is 508 g/mol. The van der Waals surface area contributed by atoms with Gasteiger partial charge in [-0.3, -0.25) is 9.80 Å². The van der Waals surface area contributed by atoms with Crippen LogP contribution in [0.1, 0.15) is 65.6 Å². The molecule has 0 unspecified atom stereocenters. The summed E-state index contributed by atoms with van der Waals surface area (Å²) in [6.07, 6.45) is 4.32. The first kappa shape index (κ1) is 25.4. The molecule has 8 nitrogen and oxygen atoms in total. The second-order valence-electron chi connectivity index (χ2n) is 10.5. The summed E-state index contributed by atoms with van der Waals surface area (Å²) in [5.74, 6) is 1.60. The van der Waals surface area contributed by atoms with Gasteiger partial charge in [-0.05, 0) is 80.3 Å². The summed E-state index contributed by atoms with van der Waals surface area (Å²) >= 11 is 0. The van der Waals surface area contributed by atoms with Crippen LogP contribution in [0.2, 0.25) is 0 Å². The number of rotatable bonds is 8. The minimum atomic E-state index is -0.468. The molecule has 0 atom stereocenters. The van der Waals surface area contributed by atoms with Gasteiger partial charge in [0.25, 0.3) is 0 Å². The molecule has 3 aliphatic rings. The molecule has 2 saturated heterocycles. The van der Waals surface area contributed by atoms with E-state index in [-0.39, 0.29) is 11.6 Å². The van der Waals surface area contributed by atoms with Gasteiger partial charge in [0, 0.05) is 31.4 Å². The molecule has 37 heavy (non-hydrogen) atoms. The molecule has 0 bridgehead atoms. The molecule has 2 amide bonds. The molecule has 1 spiro atoms. The average Bonchev–Trinajstić information content (AvgIpc) is 3.70. The fourth-order valence-corrected chi connectivity index (χ4v) is 5.68. The third-order valence-corrected chi connectivity index (χ3v) is 7.94. The first-order valence-corrected chi connectivity index (χ1v) is 13.2. The third kappa shape index (κ3) is 5.12. The molecule has 5 rings (SSSR count). The number of nitrogens with zero attached hydrogens (tertiary/aromatic N) is 2. The minimum Gasteiger partial charge on any atom is -0.496 e. The molecule has 2 heterocycles. The molecule has 3 fully saturated rings. The summed E-state index contributed by atoms with van der Waals surface area (Å²) in [6, 6.07) is 9.62. The normalized spacial score (nSPS) is 19.1. The quantitative estimate of drug-likeness (QED) is 0.525. The zero-order valence-corrected chi connectivity index (χ0v) is 22.3. The number of likely N-dealkylation sites (tertiary alicyclic amines) is 1. The first-order chi connectivity index (χ1) is 17.9. The van der Waals surface area contributed by atoms with Crippen LogP contribution in [0.5, 0.6) is 11.5 Å². The Kier molecular flexibility index (Phi) is 7.03. The maximum atomic E-state index is 13.0. The minimum absolute atomic E-state index is 0.114. The van der Waals surface area contributed by atoms with Crippen LogP contribution in [-0.4, -0.2) is 62.9 Å². The zero-order chi connectivity index (χ0) is 26.2. The number of nitrogens with one attached hydrogen (secondary N) is 1. The second-order valence-corrected chi connectivity index (χ2v) is 10.5. The van der Waals surface area contributed by atoms with E-state index in [1.807, 2.05) is 6.92 Å². The molecular weight excluding hydrogens is 470 g/mol. The Morgan fingerprint density at radius 2 is 1.86 bits per heavy atom. The van der Waals surface area contributed by atoms with E-state index in [4.69, 9.17) is 14.2 Å². The molecule has 2 aliphatic heterocycles. The fraction of sp³-hybridized carbons (Fsp3) is 0.517. The van der Waals surface area contributed by atoms with Gasteiger partial charge in [-0.15, -0.1) is 0 Å². The van der Waals surface area contributed by atoms with Crippen LogP contribution in [-0.2, 0) is 11.3 Å². The van der Waals surface area contributed by atoms with E-state index >= 15 is 0 Å². The van der Waals surface area contributed by atoms with Crippen molar-refractivity contribution in [2.45, 2.75) is 57.5 Å². The Labute approximate surface area is 218 Å². The van der Waals surface area contributed by atoms with Gasteiger partial charge in [0.1, 0.15) is 17.1 Å². The fourth-order valence-electron chi connectivity index (χ4n) is 5.68. The van der Waals surface area contributed by atoms with Crippen molar-refractivity contribution < 1.29 is 23.8 Å². The van der Waals surface area contributed by atoms with Gasteiger partial charge >= 0.3 is 12.0 Å². The van der Waals surface area contributed by atoms with E-state index in [1.54, 1.807) is 23.1 Å². The smallest absolute Gasteiger partial charge is 0.341 e. The highest BCUT2D eigenvalue weighted by atomic mass is 16.5. The highest BCUT2D eigenvalue weighted by Crippen LogP contribution is 2.44. The number of ether oxygens (including phenoxy) is 3. The maximum Gasteiger partial charge on any atom is 0.341 e. The highest BCUT2D eigenvalue weighted by molar-refractivity contribution is 5.97. The number of piperidine rings is 1. The third-order valence-electron chi connectivity index (χ3n) is 7.94. The van der Waals surface area contributed by atoms with E-state index in [0.717, 1.165) is 38.2 Å². The number of methoxy groups -OCH3 is 2. The highest BCUT2D eigenvalue weighted by Gasteiger charge is 2.45. The van der Waals surface area contributed by atoms with Crippen molar-refractivity contribution in [2.75, 3.05) is 45.4 Å². The number of anilines is 1. The Bertz CT molecular complexity index is 1180. The summed E-state index contributed by atoms with van der Waals surface area (Å²) in [5, 5.41) is 3.27. The Balaban J connectivity index is 1.27. The predicted molar refractivity (Wildman–Crippen MR) is 142 cm³/mol. The summed E-state index contributed by atoms with van der Waals surface area (Å²) in [7, 11) is 2.84. The largest absolute Gasteiger partial charge is 0.496 e. The lowest BCUT2D eigenvalue weighted by Gasteiger charge is -2.39. The van der Waals surface area contributed by atoms with E-state index in [2.05, 4.69) is 29.3 Å². The van der Waals surface area contributed by atoms with Gasteiger partial charge in [-0.25, -0.2) is 9.59 Å². The van der Waals surface area contributed by atoms with Crippen molar-refractivity contribution in [1.29, 1.82) is 0 Å². The Morgan fingerprint density at radius 1 is 1.11 bits per heavy atom. The van der Waals surface area contributed by atoms with E-state index in [9.17, 15) is 9.59 Å². The molecule has 1 N–H and O–H groups in total. The lowest BCUT2D eigenvalue weighted by Crippen LogP contribution is -2.52. The van der Waals surface area contributed by atoms with E-state index < -0.39 is 5.97 Å². The predicted octanol–water partition coefficient (Wildman–Crippen LogP) is 4.63. The topological polar surface area (TPSA) is 80.3 Å². The van der Waals surface area contributed by atoms with Crippen molar-refractivity contribution in [3.63, 3.8) is 0 Å². The number of hydrogen-bond donors (Lipinski definition) is 1. The lowest BCUT2D eigenvalue weighted by molar-refractivity contribution is 0.0597. The van der Waals surface area contributed by atoms with Crippen molar-refractivity contribution in [3.05, 3.63) is 52.6 Å². The van der Waals surface area contributed by atoms with Gasteiger partial charge in [-0.1, -0.05) is 6.07 Å². The molecular formula is C29H37N3O5. The molecule has 1 aliphatic carbocycles. The molecule has 8 heteroatoms. The number of esters is 1. The van der Waals surface area contributed by atoms with Crippen LogP contribution in [0, 0.1) is 6.92 Å². The SMILES string of the molecule is CCOc1cc(CN2CCC3(CC2)CN(c2ccc(C(=O)OC)c(OC)c2)C(=O)N3)c(C2CC2)cc1C. The molecule has 2 aromatic carbocycles. The van der Waals surface area contributed by atoms with Gasteiger partial charge in [-0.2, -0.15) is 0 Å². The number of aryl methyl sites for hydroxylation is 1. The standard InChI is InChI=1S/C29H37N3O5/c1-5-37-25-15-21(24(14-19(25)2)20-6-7-20)17-31-12-10-29(11-13-31)18-32(28(34)30-29)22-8-9-23(27(33)36-4)26(16-22)35-3/h8-9,14-16,20H,5-7,10-13,17-18H2,1-4H3,(H,30,34). The number of benzene rings is 2. The number of amides is 2. The summed E-state index contributed by atoms with van der Waals surface area (Å²) < 4.78 is 16.1. The van der Waals surface area contributed by atoms with Crippen molar-refractivity contribution in [3.8, 4) is 11.5 Å². The Hall–Kier alpha value is -3.26. The van der Waals surface area contributed by atoms with Gasteiger partial charge < -0.3 is 19.5 Å². The number of carbonyl (C=O) groups excluding carboxylic acids is 2. The summed E-state index contributed by atoms with van der Waals surface area (Å²) in [4.78, 5) is 29.3. The van der Waals surface area contributed by atoms with Gasteiger partial charge in [0.2, 0.25) is 0 Å². The molecule has 1 saturated carbocycles. The molecule has 2 aromatic rings. The van der Waals surface area contributed by atoms with Gasteiger partial charge in [0.15, 0.2) is 0 Å². The lowest BCUT2D eigenvalue weighted by atomic mass is 9.87. The second kappa shape index (κ2) is 10.2. The Morgan fingerprint density at radius 3 is 2.51 bits per heavy atom. The summed E-state index contributed by atoms with van der Waals surface area (Å²) in [5.41, 5.74) is 4.86. The van der Waals surface area contributed by atoms with E-state index in [1.165, 1.54) is 43.8 Å². The van der Waals surface area contributed by atoms with Crippen molar-refractivity contribution in [2.24, 2.45) is 0 Å². The number of urea groups is 1. The van der Waals surface area contributed by atoms with Crippen molar-refractivity contribution in [1.82, 2.24) is 10.2 Å². The summed E-state index contributed by atoms with van der Waals surface area (Å²) in [6.45, 7) is 8.17. The maximum absolute atomic E-state index is 13.0. The van der Waals surface area contributed by atoms with Crippen LogP contribution in [0.25, 0.3) is 0 Å². The van der Waals surface area contributed by atoms with Crippen molar-refractivity contribution >= 4 is 17.7 Å². The molecule has 0 radical (unpaired) electrons. The first-order valence-electron chi connectivity index (χ1n) is 13.2. The van der Waals surface area contributed by atoms with Crippen LogP contribution < -0.4 is 19.7 Å². The van der Waals surface area contributed by atoms with Crippen LogP contribution >= 0.6 is 0 Å². The van der Waals surface area contributed by atoms with Crippen LogP contribution in [0.3, 0.4) is 0 Å². The monoisotopic (exact) mass is 507 g/mol. The molecule has 0 aromatic heterocycles. The van der Waals surface area contributed by atoms with Gasteiger partial charge in [0.05, 0.1) is 32.9 Å². The van der Waals surface area contributed by atoms with E-state index in [0.29, 0.717) is 36.1 Å². The molecule has 198 valence electrons. The number of hydrogen-bond acceptors (Lipinski definition) is 6.